The van der Waals surface area contributed by atoms with Gasteiger partial charge in [-0.25, -0.2) is 4.79 Å². The number of aliphatic carboxylic acids is 1. The third-order valence-corrected chi connectivity index (χ3v) is 3.56. The second-order valence-electron chi connectivity index (χ2n) is 4.36. The van der Waals surface area contributed by atoms with E-state index >= 15 is 0 Å². The van der Waals surface area contributed by atoms with Gasteiger partial charge >= 0.3 is 5.97 Å². The second-order valence-corrected chi connectivity index (χ2v) is 5.19. The Morgan fingerprint density at radius 1 is 1.14 bits per heavy atom. The molecule has 1 aromatic heterocycles. The lowest BCUT2D eigenvalue weighted by molar-refractivity contribution is -0.140. The van der Waals surface area contributed by atoms with Crippen LogP contribution in [-0.4, -0.2) is 16.1 Å². The first-order valence-electron chi connectivity index (χ1n) is 6.05. The van der Waals surface area contributed by atoms with Crippen LogP contribution < -0.4 is 10.2 Å². The fourth-order valence-electron chi connectivity index (χ4n) is 2.02. The van der Waals surface area contributed by atoms with Crippen molar-refractivity contribution in [1.82, 2.24) is 0 Å². The minimum Gasteiger partial charge on any atom is -0.478 e. The number of hydrogen-bond acceptors (Lipinski definition) is 4. The van der Waals surface area contributed by atoms with Crippen LogP contribution in [0.5, 0.6) is 5.75 Å². The van der Waals surface area contributed by atoms with Crippen molar-refractivity contribution in [2.45, 2.75) is 5.01 Å². The van der Waals surface area contributed by atoms with E-state index in [0.717, 1.165) is 0 Å². The van der Waals surface area contributed by atoms with Crippen molar-refractivity contribution >= 4 is 43.8 Å². The van der Waals surface area contributed by atoms with Gasteiger partial charge < -0.3 is 14.3 Å². The van der Waals surface area contributed by atoms with Gasteiger partial charge in [0.15, 0.2) is 0 Å². The van der Waals surface area contributed by atoms with Gasteiger partial charge in [0.1, 0.15) is 16.9 Å². The molecule has 0 bridgehead atoms. The molecule has 106 valence electrons. The van der Waals surface area contributed by atoms with E-state index in [1.807, 2.05) is 0 Å². The topological polar surface area (TPSA) is 76.7 Å². The summed E-state index contributed by atoms with van der Waals surface area (Å²) in [5, 5.41) is 8.55. The molecule has 1 N–H and O–H groups in total. The molecule has 0 amide bonds. The van der Waals surface area contributed by atoms with Crippen LogP contribution in [0.2, 0.25) is 0 Å². The van der Waals surface area contributed by atoms with E-state index in [1.54, 1.807) is 30.3 Å². The van der Waals surface area contributed by atoms with Crippen LogP contribution >= 0.6 is 15.9 Å². The molecule has 0 spiro atoms. The minimum absolute atomic E-state index is 0.132. The molecule has 0 aliphatic rings. The Morgan fingerprint density at radius 3 is 2.62 bits per heavy atom. The van der Waals surface area contributed by atoms with Gasteiger partial charge in [0.2, 0.25) is 10.4 Å². The number of benzene rings is 2. The number of rotatable bonds is 3. The van der Waals surface area contributed by atoms with Crippen LogP contribution in [0.25, 0.3) is 21.9 Å². The largest absolute Gasteiger partial charge is 0.478 e. The van der Waals surface area contributed by atoms with E-state index in [1.165, 1.54) is 12.1 Å². The first kappa shape index (κ1) is 13.6. The Morgan fingerprint density at radius 2 is 1.86 bits per heavy atom. The average Bonchev–Trinajstić information content (AvgIpc) is 2.47. The molecule has 1 unspecified atom stereocenters. The maximum absolute atomic E-state index is 12.3. The molecule has 3 aromatic rings. The highest BCUT2D eigenvalue weighted by Crippen LogP contribution is 2.24. The number of fused-ring (bicyclic) bond motifs is 2. The summed E-state index contributed by atoms with van der Waals surface area (Å²) in [6, 6.07) is 11.5. The Balaban J connectivity index is 2.16. The SMILES string of the molecule is O=C(O)C(Br)Oc1ccc2c(=O)c3ccccc3oc2c1. The lowest BCUT2D eigenvalue weighted by Crippen LogP contribution is -2.19. The van der Waals surface area contributed by atoms with Gasteiger partial charge in [0, 0.05) is 6.07 Å². The molecule has 0 saturated carbocycles. The van der Waals surface area contributed by atoms with Gasteiger partial charge in [-0.05, 0) is 40.2 Å². The molecular weight excluding hydrogens is 340 g/mol. The minimum atomic E-state index is -1.16. The fourth-order valence-corrected chi connectivity index (χ4v) is 2.24. The molecule has 0 radical (unpaired) electrons. The van der Waals surface area contributed by atoms with E-state index in [9.17, 15) is 9.59 Å². The molecule has 0 aliphatic heterocycles. The number of halogens is 1. The lowest BCUT2D eigenvalue weighted by atomic mass is 10.1. The Labute approximate surface area is 126 Å². The van der Waals surface area contributed by atoms with Gasteiger partial charge in [0.05, 0.1) is 10.8 Å². The highest BCUT2D eigenvalue weighted by Gasteiger charge is 2.15. The summed E-state index contributed by atoms with van der Waals surface area (Å²) in [5.41, 5.74) is 0.689. The molecule has 3 rings (SSSR count). The fraction of sp³-hybridized carbons (Fsp3) is 0.0667. The quantitative estimate of drug-likeness (QED) is 0.581. The van der Waals surface area contributed by atoms with Crippen molar-refractivity contribution < 1.29 is 19.1 Å². The van der Waals surface area contributed by atoms with Crippen molar-refractivity contribution in [3.63, 3.8) is 0 Å². The highest BCUT2D eigenvalue weighted by atomic mass is 79.9. The summed E-state index contributed by atoms with van der Waals surface area (Å²) in [5.74, 6) is -0.847. The molecule has 5 nitrogen and oxygen atoms in total. The Bertz CT molecular complexity index is 899. The first-order valence-corrected chi connectivity index (χ1v) is 6.97. The molecular formula is C15H9BrO5. The zero-order valence-electron chi connectivity index (χ0n) is 10.6. The van der Waals surface area contributed by atoms with E-state index in [0.29, 0.717) is 27.7 Å². The number of hydrogen-bond donors (Lipinski definition) is 1. The van der Waals surface area contributed by atoms with Gasteiger partial charge in [-0.2, -0.15) is 0 Å². The summed E-state index contributed by atoms with van der Waals surface area (Å²) in [7, 11) is 0. The summed E-state index contributed by atoms with van der Waals surface area (Å²) in [4.78, 5) is 23.1. The van der Waals surface area contributed by atoms with Crippen molar-refractivity contribution in [3.8, 4) is 5.75 Å². The molecule has 6 heteroatoms. The number of carbonyl (C=O) groups is 1. The first-order chi connectivity index (χ1) is 10.1. The van der Waals surface area contributed by atoms with Gasteiger partial charge in [0.25, 0.3) is 0 Å². The highest BCUT2D eigenvalue weighted by molar-refractivity contribution is 9.09. The number of para-hydroxylation sites is 1. The predicted octanol–water partition coefficient (Wildman–Crippen LogP) is 3.13. The number of carboxylic acids is 1. The van der Waals surface area contributed by atoms with Crippen molar-refractivity contribution in [2.24, 2.45) is 0 Å². The summed E-state index contributed by atoms with van der Waals surface area (Å²) in [6.07, 6.45) is 0. The molecule has 2 aromatic carbocycles. The number of alkyl halides is 1. The van der Waals surface area contributed by atoms with E-state index < -0.39 is 11.0 Å². The lowest BCUT2D eigenvalue weighted by Gasteiger charge is -2.09. The summed E-state index contributed by atoms with van der Waals surface area (Å²) in [6.45, 7) is 0. The molecule has 1 heterocycles. The van der Waals surface area contributed by atoms with Crippen molar-refractivity contribution in [3.05, 3.63) is 52.7 Å². The van der Waals surface area contributed by atoms with Crippen molar-refractivity contribution in [1.29, 1.82) is 0 Å². The number of carboxylic acid groups (broad SMARTS) is 1. The van der Waals surface area contributed by atoms with Crippen LogP contribution in [0.4, 0.5) is 0 Å². The molecule has 0 saturated heterocycles. The van der Waals surface area contributed by atoms with E-state index in [2.05, 4.69) is 15.9 Å². The van der Waals surface area contributed by atoms with E-state index in [4.69, 9.17) is 14.3 Å². The Hall–Kier alpha value is -2.34. The zero-order valence-corrected chi connectivity index (χ0v) is 12.2. The normalized spacial score (nSPS) is 12.4. The molecule has 0 aliphatic carbocycles. The van der Waals surface area contributed by atoms with Crippen LogP contribution in [0, 0.1) is 0 Å². The summed E-state index contributed by atoms with van der Waals surface area (Å²) < 4.78 is 10.9. The third-order valence-electron chi connectivity index (χ3n) is 2.98. The van der Waals surface area contributed by atoms with Crippen LogP contribution in [-0.2, 0) is 4.79 Å². The predicted molar refractivity (Wildman–Crippen MR) is 81.0 cm³/mol. The van der Waals surface area contributed by atoms with Gasteiger partial charge in [-0.1, -0.05) is 12.1 Å². The van der Waals surface area contributed by atoms with Crippen LogP contribution in [0.1, 0.15) is 0 Å². The van der Waals surface area contributed by atoms with Crippen molar-refractivity contribution in [2.75, 3.05) is 0 Å². The van der Waals surface area contributed by atoms with Gasteiger partial charge in [-0.15, -0.1) is 0 Å². The van der Waals surface area contributed by atoms with Crippen LogP contribution in [0.3, 0.4) is 0 Å². The summed E-state index contributed by atoms with van der Waals surface area (Å²) >= 11 is 2.88. The maximum Gasteiger partial charge on any atom is 0.356 e. The molecule has 21 heavy (non-hydrogen) atoms. The van der Waals surface area contributed by atoms with Crippen LogP contribution in [0.15, 0.2) is 51.7 Å². The maximum atomic E-state index is 12.3. The number of ether oxygens (including phenoxy) is 1. The smallest absolute Gasteiger partial charge is 0.356 e. The molecule has 1 atom stereocenters. The molecule has 0 fully saturated rings. The third kappa shape index (κ3) is 2.50. The van der Waals surface area contributed by atoms with E-state index in [-0.39, 0.29) is 5.43 Å². The standard InChI is InChI=1S/C15H9BrO5/c16-14(15(18)19)20-8-5-6-10-12(7-8)21-11-4-2-1-3-9(11)13(10)17/h1-7,14H,(H,18,19). The Kier molecular flexibility index (Phi) is 3.39. The second kappa shape index (κ2) is 5.21. The monoisotopic (exact) mass is 348 g/mol. The van der Waals surface area contributed by atoms with Gasteiger partial charge in [-0.3, -0.25) is 4.79 Å². The average molecular weight is 349 g/mol. The zero-order chi connectivity index (χ0) is 15.0.